The number of allylic oxidation sites excluding steroid dienone is 4. The van der Waals surface area contributed by atoms with E-state index in [1.165, 1.54) is 38.5 Å². The van der Waals surface area contributed by atoms with Gasteiger partial charge in [-0.15, -0.1) is 0 Å². The van der Waals surface area contributed by atoms with Gasteiger partial charge in [-0.25, -0.2) is 0 Å². The van der Waals surface area contributed by atoms with Crippen LogP contribution in [0.25, 0.3) is 0 Å². The summed E-state index contributed by atoms with van der Waals surface area (Å²) in [6.07, 6.45) is 19.3. The van der Waals surface area contributed by atoms with E-state index >= 15 is 0 Å². The second-order valence-corrected chi connectivity index (χ2v) is 6.48. The number of hydrogen-bond acceptors (Lipinski definition) is 2. The van der Waals surface area contributed by atoms with Gasteiger partial charge in [0.05, 0.1) is 0 Å². The third-order valence-electron chi connectivity index (χ3n) is 4.02. The molecule has 138 valence electrons. The van der Waals surface area contributed by atoms with Crippen molar-refractivity contribution in [3.8, 4) is 0 Å². The Labute approximate surface area is 146 Å². The number of rotatable bonds is 16. The molecule has 0 heterocycles. The molecule has 0 amide bonds. The number of carbonyl (C=O) groups is 2. The Bertz CT molecular complexity index is 349. The molecule has 0 aliphatic heterocycles. The third kappa shape index (κ3) is 18.5. The molecular formula is C20H34O4. The second kappa shape index (κ2) is 16.3. The predicted molar refractivity (Wildman–Crippen MR) is 98.1 cm³/mol. The first-order chi connectivity index (χ1) is 11.5. The van der Waals surface area contributed by atoms with E-state index in [9.17, 15) is 9.59 Å². The lowest BCUT2D eigenvalue weighted by Gasteiger charge is -2.10. The van der Waals surface area contributed by atoms with Crippen molar-refractivity contribution in [3.63, 3.8) is 0 Å². The fraction of sp³-hybridized carbons (Fsp3) is 0.700. The van der Waals surface area contributed by atoms with E-state index in [4.69, 9.17) is 10.2 Å². The van der Waals surface area contributed by atoms with Crippen LogP contribution in [-0.2, 0) is 9.59 Å². The van der Waals surface area contributed by atoms with Crippen LogP contribution >= 0.6 is 0 Å². The van der Waals surface area contributed by atoms with Gasteiger partial charge in [-0.05, 0) is 44.4 Å². The zero-order valence-corrected chi connectivity index (χ0v) is 15.1. The van der Waals surface area contributed by atoms with Crippen LogP contribution in [0, 0.1) is 5.92 Å². The first kappa shape index (κ1) is 22.4. The molecule has 24 heavy (non-hydrogen) atoms. The van der Waals surface area contributed by atoms with Gasteiger partial charge in [-0.3, -0.25) is 9.59 Å². The molecule has 0 atom stereocenters. The molecule has 2 N–H and O–H groups in total. The molecular weight excluding hydrogens is 304 g/mol. The van der Waals surface area contributed by atoms with Crippen LogP contribution in [0.1, 0.15) is 84.0 Å². The summed E-state index contributed by atoms with van der Waals surface area (Å²) in [4.78, 5) is 20.7. The molecule has 0 aliphatic carbocycles. The summed E-state index contributed by atoms with van der Waals surface area (Å²) in [6, 6.07) is 0. The summed E-state index contributed by atoms with van der Waals surface area (Å²) in [6.45, 7) is 2.31. The monoisotopic (exact) mass is 338 g/mol. The highest BCUT2D eigenvalue weighted by atomic mass is 16.4. The first-order valence-corrected chi connectivity index (χ1v) is 9.26. The molecule has 4 heteroatoms. The Hall–Kier alpha value is -1.58. The van der Waals surface area contributed by atoms with E-state index in [2.05, 4.69) is 19.1 Å². The summed E-state index contributed by atoms with van der Waals surface area (Å²) in [5.41, 5.74) is 0. The highest BCUT2D eigenvalue weighted by molar-refractivity contribution is 5.67. The predicted octanol–water partition coefficient (Wildman–Crippen LogP) is 5.59. The van der Waals surface area contributed by atoms with Crippen molar-refractivity contribution >= 4 is 11.9 Å². The molecule has 0 saturated heterocycles. The minimum atomic E-state index is -0.732. The molecule has 0 aliphatic rings. The minimum Gasteiger partial charge on any atom is -0.481 e. The molecule has 0 rings (SSSR count). The summed E-state index contributed by atoms with van der Waals surface area (Å²) in [5, 5.41) is 17.0. The van der Waals surface area contributed by atoms with Crippen molar-refractivity contribution < 1.29 is 19.8 Å². The van der Waals surface area contributed by atoms with Crippen LogP contribution in [0.2, 0.25) is 0 Å². The van der Waals surface area contributed by atoms with Gasteiger partial charge in [0.15, 0.2) is 0 Å². The van der Waals surface area contributed by atoms with Gasteiger partial charge >= 0.3 is 11.9 Å². The highest BCUT2D eigenvalue weighted by Gasteiger charge is 2.01. The van der Waals surface area contributed by atoms with Gasteiger partial charge in [0.25, 0.3) is 0 Å². The van der Waals surface area contributed by atoms with Crippen LogP contribution in [0.3, 0.4) is 0 Å². The fourth-order valence-corrected chi connectivity index (χ4v) is 2.54. The van der Waals surface area contributed by atoms with Crippen molar-refractivity contribution in [2.45, 2.75) is 84.0 Å². The van der Waals surface area contributed by atoms with E-state index in [0.717, 1.165) is 18.8 Å². The first-order valence-electron chi connectivity index (χ1n) is 9.26. The van der Waals surface area contributed by atoms with Gasteiger partial charge in [-0.2, -0.15) is 0 Å². The second-order valence-electron chi connectivity index (χ2n) is 6.48. The Balaban J connectivity index is 3.36. The molecule has 0 spiro atoms. The van der Waals surface area contributed by atoms with E-state index < -0.39 is 11.9 Å². The van der Waals surface area contributed by atoms with E-state index in [1.54, 1.807) is 0 Å². The lowest BCUT2D eigenvalue weighted by atomic mass is 9.97. The summed E-state index contributed by atoms with van der Waals surface area (Å²) < 4.78 is 0. The standard InChI is InChI=1S/C20H34O4/c1-18(14-10-6-2-4-8-12-16-19(21)22)15-11-7-3-5-9-13-17-20(23)24/h4-5,8-9,18H,2-3,6-7,10-17H2,1H3,(H,21,22)(H,23,24)/b8-4-,9-5-. The number of hydrogen-bond donors (Lipinski definition) is 2. The van der Waals surface area contributed by atoms with Crippen molar-refractivity contribution in [3.05, 3.63) is 24.3 Å². The SMILES string of the molecule is CC(CCCC/C=C\CCC(=O)O)CCCC/C=C\CCC(=O)O. The molecule has 4 nitrogen and oxygen atoms in total. The lowest BCUT2D eigenvalue weighted by molar-refractivity contribution is -0.137. The van der Waals surface area contributed by atoms with Gasteiger partial charge in [0.1, 0.15) is 0 Å². The number of carboxylic acid groups (broad SMARTS) is 2. The Morgan fingerprint density at radius 3 is 1.46 bits per heavy atom. The molecule has 0 fully saturated rings. The van der Waals surface area contributed by atoms with Crippen molar-refractivity contribution in [1.29, 1.82) is 0 Å². The maximum Gasteiger partial charge on any atom is 0.303 e. The average Bonchev–Trinajstić information content (AvgIpc) is 2.51. The molecule has 0 bridgehead atoms. The molecule has 0 aromatic heterocycles. The smallest absolute Gasteiger partial charge is 0.303 e. The van der Waals surface area contributed by atoms with Gasteiger partial charge in [-0.1, -0.05) is 56.9 Å². The molecule has 0 radical (unpaired) electrons. The Kier molecular flexibility index (Phi) is 15.2. The number of aliphatic carboxylic acids is 2. The largest absolute Gasteiger partial charge is 0.481 e. The van der Waals surface area contributed by atoms with Crippen LogP contribution in [-0.4, -0.2) is 22.2 Å². The molecule has 0 saturated carbocycles. The maximum absolute atomic E-state index is 10.3. The van der Waals surface area contributed by atoms with E-state index in [1.807, 2.05) is 12.2 Å². The van der Waals surface area contributed by atoms with Gasteiger partial charge in [0.2, 0.25) is 0 Å². The molecule has 0 aromatic rings. The lowest BCUT2D eigenvalue weighted by Crippen LogP contribution is -1.94. The normalized spacial score (nSPS) is 11.8. The Morgan fingerprint density at radius 2 is 1.08 bits per heavy atom. The maximum atomic E-state index is 10.3. The molecule has 0 unspecified atom stereocenters. The molecule has 0 aromatic carbocycles. The highest BCUT2D eigenvalue weighted by Crippen LogP contribution is 2.17. The summed E-state index contributed by atoms with van der Waals surface area (Å²) >= 11 is 0. The van der Waals surface area contributed by atoms with Crippen LogP contribution in [0.5, 0.6) is 0 Å². The third-order valence-corrected chi connectivity index (χ3v) is 4.02. The van der Waals surface area contributed by atoms with Gasteiger partial charge in [0, 0.05) is 12.8 Å². The summed E-state index contributed by atoms with van der Waals surface area (Å²) in [5.74, 6) is -0.703. The Morgan fingerprint density at radius 1 is 0.708 bits per heavy atom. The van der Waals surface area contributed by atoms with Crippen molar-refractivity contribution in [2.24, 2.45) is 5.92 Å². The number of unbranched alkanes of at least 4 members (excludes halogenated alkanes) is 4. The zero-order valence-electron chi connectivity index (χ0n) is 15.1. The minimum absolute atomic E-state index is 0.224. The topological polar surface area (TPSA) is 74.6 Å². The average molecular weight is 338 g/mol. The van der Waals surface area contributed by atoms with Gasteiger partial charge < -0.3 is 10.2 Å². The fourth-order valence-electron chi connectivity index (χ4n) is 2.54. The quantitative estimate of drug-likeness (QED) is 0.284. The van der Waals surface area contributed by atoms with Crippen molar-refractivity contribution in [2.75, 3.05) is 0 Å². The van der Waals surface area contributed by atoms with E-state index in [0.29, 0.717) is 12.8 Å². The van der Waals surface area contributed by atoms with Crippen LogP contribution in [0.15, 0.2) is 24.3 Å². The van der Waals surface area contributed by atoms with Crippen LogP contribution < -0.4 is 0 Å². The summed E-state index contributed by atoms with van der Waals surface area (Å²) in [7, 11) is 0. The van der Waals surface area contributed by atoms with Crippen molar-refractivity contribution in [1.82, 2.24) is 0 Å². The zero-order chi connectivity index (χ0) is 18.0. The number of carboxylic acids is 2. The van der Waals surface area contributed by atoms with Crippen LogP contribution in [0.4, 0.5) is 0 Å². The van der Waals surface area contributed by atoms with E-state index in [-0.39, 0.29) is 12.8 Å².